The number of rotatable bonds is 4. The van der Waals surface area contributed by atoms with E-state index in [2.05, 4.69) is 28.8 Å². The Bertz CT molecular complexity index is 958. The Morgan fingerprint density at radius 2 is 1.59 bits per heavy atom. The van der Waals surface area contributed by atoms with E-state index in [1.165, 1.54) is 10.9 Å². The topological polar surface area (TPSA) is 30.7 Å². The van der Waals surface area contributed by atoms with Gasteiger partial charge in [0.2, 0.25) is 0 Å². The fraction of sp³-hybridized carbons (Fsp3) is 0.222. The number of nitrogens with zero attached hydrogens (tertiary/aromatic N) is 3. The van der Waals surface area contributed by atoms with E-state index >= 15 is 0 Å². The molecule has 0 saturated heterocycles. The number of benzene rings is 2. The van der Waals surface area contributed by atoms with Crippen molar-refractivity contribution in [3.63, 3.8) is 0 Å². The van der Waals surface area contributed by atoms with Crippen LogP contribution in [0.5, 0.6) is 0 Å². The summed E-state index contributed by atoms with van der Waals surface area (Å²) in [5, 5.41) is 1.17. The van der Waals surface area contributed by atoms with Crippen LogP contribution in [-0.2, 0) is 6.54 Å². The summed E-state index contributed by atoms with van der Waals surface area (Å²) in [5.41, 5.74) is 5.03. The van der Waals surface area contributed by atoms with E-state index in [9.17, 15) is 0 Å². The number of hydrogen-bond donors (Lipinski definition) is 0. The standard InChI is InChI=1S/C18H16ClN3/c19-11-5-6-12-22-16-10-4-1-7-13(16)17-18(22)21-15-9-3-2-8-14(15)20-17/h1-4,7-10H,5-6,11-12H2. The van der Waals surface area contributed by atoms with Gasteiger partial charge in [0.25, 0.3) is 0 Å². The quantitative estimate of drug-likeness (QED) is 0.402. The van der Waals surface area contributed by atoms with Gasteiger partial charge in [-0.3, -0.25) is 0 Å². The smallest absolute Gasteiger partial charge is 0.160 e. The highest BCUT2D eigenvalue weighted by Gasteiger charge is 2.13. The molecule has 0 aliphatic rings. The summed E-state index contributed by atoms with van der Waals surface area (Å²) in [6.07, 6.45) is 2.06. The Kier molecular flexibility index (Phi) is 3.43. The number of aromatic nitrogens is 3. The van der Waals surface area contributed by atoms with Crippen molar-refractivity contribution in [1.82, 2.24) is 14.5 Å². The zero-order valence-electron chi connectivity index (χ0n) is 12.2. The highest BCUT2D eigenvalue weighted by Crippen LogP contribution is 2.28. The molecule has 2 aromatic heterocycles. The average molecular weight is 310 g/mol. The fourth-order valence-corrected chi connectivity index (χ4v) is 3.16. The number of aryl methyl sites for hydroxylation is 1. The average Bonchev–Trinajstić information content (AvgIpc) is 2.87. The van der Waals surface area contributed by atoms with Crippen LogP contribution in [-0.4, -0.2) is 20.4 Å². The molecule has 0 unspecified atom stereocenters. The monoisotopic (exact) mass is 309 g/mol. The van der Waals surface area contributed by atoms with Gasteiger partial charge in [-0.15, -0.1) is 11.6 Å². The van der Waals surface area contributed by atoms with Crippen molar-refractivity contribution in [2.24, 2.45) is 0 Å². The molecule has 4 heteroatoms. The molecule has 0 bridgehead atoms. The zero-order chi connectivity index (χ0) is 14.9. The third-order valence-corrected chi connectivity index (χ3v) is 4.29. The van der Waals surface area contributed by atoms with Crippen molar-refractivity contribution in [3.8, 4) is 0 Å². The Hall–Kier alpha value is -2.13. The first kappa shape index (κ1) is 13.5. The van der Waals surface area contributed by atoms with Crippen LogP contribution in [0.15, 0.2) is 48.5 Å². The van der Waals surface area contributed by atoms with Gasteiger partial charge in [-0.2, -0.15) is 0 Å². The largest absolute Gasteiger partial charge is 0.324 e. The first-order valence-corrected chi connectivity index (χ1v) is 8.11. The number of unbranched alkanes of at least 4 members (excludes halogenated alkanes) is 1. The van der Waals surface area contributed by atoms with Crippen molar-refractivity contribution in [2.45, 2.75) is 19.4 Å². The lowest BCUT2D eigenvalue weighted by atomic mass is 10.2. The van der Waals surface area contributed by atoms with Gasteiger partial charge in [0.15, 0.2) is 5.65 Å². The lowest BCUT2D eigenvalue weighted by molar-refractivity contribution is 0.663. The highest BCUT2D eigenvalue weighted by atomic mass is 35.5. The van der Waals surface area contributed by atoms with E-state index in [4.69, 9.17) is 21.6 Å². The van der Waals surface area contributed by atoms with Crippen LogP contribution in [0, 0.1) is 0 Å². The molecule has 4 rings (SSSR count). The molecule has 0 radical (unpaired) electrons. The van der Waals surface area contributed by atoms with Gasteiger partial charge in [0, 0.05) is 17.8 Å². The molecule has 0 amide bonds. The molecular formula is C18H16ClN3. The van der Waals surface area contributed by atoms with Crippen LogP contribution in [0.1, 0.15) is 12.8 Å². The lowest BCUT2D eigenvalue weighted by Gasteiger charge is -2.06. The highest BCUT2D eigenvalue weighted by molar-refractivity contribution is 6.17. The first-order valence-electron chi connectivity index (χ1n) is 7.58. The lowest BCUT2D eigenvalue weighted by Crippen LogP contribution is -2.00. The predicted octanol–water partition coefficient (Wildman–Crippen LogP) is 4.76. The van der Waals surface area contributed by atoms with E-state index in [-0.39, 0.29) is 0 Å². The summed E-state index contributed by atoms with van der Waals surface area (Å²) in [6.45, 7) is 0.920. The molecule has 3 nitrogen and oxygen atoms in total. The third kappa shape index (κ3) is 2.13. The Morgan fingerprint density at radius 3 is 2.41 bits per heavy atom. The molecule has 22 heavy (non-hydrogen) atoms. The van der Waals surface area contributed by atoms with Gasteiger partial charge >= 0.3 is 0 Å². The van der Waals surface area contributed by atoms with Crippen molar-refractivity contribution in [2.75, 3.05) is 5.88 Å². The predicted molar refractivity (Wildman–Crippen MR) is 92.5 cm³/mol. The maximum absolute atomic E-state index is 5.82. The summed E-state index contributed by atoms with van der Waals surface area (Å²) < 4.78 is 2.27. The van der Waals surface area contributed by atoms with Gasteiger partial charge in [0.05, 0.1) is 16.6 Å². The summed E-state index contributed by atoms with van der Waals surface area (Å²) >= 11 is 5.82. The van der Waals surface area contributed by atoms with Crippen LogP contribution < -0.4 is 0 Å². The molecule has 0 saturated carbocycles. The molecule has 0 aliphatic carbocycles. The second kappa shape index (κ2) is 5.58. The van der Waals surface area contributed by atoms with Crippen LogP contribution in [0.3, 0.4) is 0 Å². The minimum Gasteiger partial charge on any atom is -0.324 e. The number of para-hydroxylation sites is 3. The third-order valence-electron chi connectivity index (χ3n) is 4.02. The molecule has 2 aromatic carbocycles. The molecule has 4 aromatic rings. The zero-order valence-corrected chi connectivity index (χ0v) is 12.9. The van der Waals surface area contributed by atoms with E-state index in [1.807, 2.05) is 24.3 Å². The van der Waals surface area contributed by atoms with Gasteiger partial charge in [-0.25, -0.2) is 9.97 Å². The fourth-order valence-electron chi connectivity index (χ4n) is 2.97. The van der Waals surface area contributed by atoms with Crippen molar-refractivity contribution in [3.05, 3.63) is 48.5 Å². The summed E-state index contributed by atoms with van der Waals surface area (Å²) in [6, 6.07) is 16.4. The molecule has 0 aliphatic heterocycles. The summed E-state index contributed by atoms with van der Waals surface area (Å²) in [4.78, 5) is 9.71. The van der Waals surface area contributed by atoms with Crippen LogP contribution in [0.25, 0.3) is 33.1 Å². The number of halogens is 1. The van der Waals surface area contributed by atoms with Crippen LogP contribution >= 0.6 is 11.6 Å². The van der Waals surface area contributed by atoms with Crippen molar-refractivity contribution < 1.29 is 0 Å². The van der Waals surface area contributed by atoms with E-state index in [1.54, 1.807) is 0 Å². The minimum absolute atomic E-state index is 0.700. The van der Waals surface area contributed by atoms with Crippen molar-refractivity contribution >= 4 is 44.7 Å². The Balaban J connectivity index is 2.02. The van der Waals surface area contributed by atoms with Gasteiger partial charge in [0.1, 0.15) is 5.52 Å². The van der Waals surface area contributed by atoms with E-state index < -0.39 is 0 Å². The van der Waals surface area contributed by atoms with Crippen LogP contribution in [0.2, 0.25) is 0 Å². The number of hydrogen-bond acceptors (Lipinski definition) is 2. The Morgan fingerprint density at radius 1 is 0.864 bits per heavy atom. The van der Waals surface area contributed by atoms with E-state index in [0.29, 0.717) is 5.88 Å². The number of fused-ring (bicyclic) bond motifs is 4. The Labute approximate surface area is 133 Å². The molecule has 0 atom stereocenters. The molecule has 0 N–H and O–H groups in total. The normalized spacial score (nSPS) is 11.7. The molecule has 0 spiro atoms. The van der Waals surface area contributed by atoms with E-state index in [0.717, 1.165) is 41.6 Å². The van der Waals surface area contributed by atoms with Crippen LogP contribution in [0.4, 0.5) is 0 Å². The second-order valence-corrected chi connectivity index (χ2v) is 5.83. The first-order chi connectivity index (χ1) is 10.9. The van der Waals surface area contributed by atoms with Gasteiger partial charge < -0.3 is 4.57 Å². The summed E-state index contributed by atoms with van der Waals surface area (Å²) in [5.74, 6) is 0.700. The van der Waals surface area contributed by atoms with Crippen molar-refractivity contribution in [1.29, 1.82) is 0 Å². The van der Waals surface area contributed by atoms with Gasteiger partial charge in [-0.1, -0.05) is 30.3 Å². The second-order valence-electron chi connectivity index (χ2n) is 5.45. The summed E-state index contributed by atoms with van der Waals surface area (Å²) in [7, 11) is 0. The molecule has 110 valence electrons. The SMILES string of the molecule is ClCCCCn1c2ccccc2c2nc3ccccc3nc21. The number of alkyl halides is 1. The molecule has 0 fully saturated rings. The maximum Gasteiger partial charge on any atom is 0.160 e. The molecule has 2 heterocycles. The van der Waals surface area contributed by atoms with Gasteiger partial charge in [-0.05, 0) is 31.0 Å². The minimum atomic E-state index is 0.700. The maximum atomic E-state index is 5.82. The molecular weight excluding hydrogens is 294 g/mol.